The van der Waals surface area contributed by atoms with Gasteiger partial charge in [-0.05, 0) is 11.1 Å². The van der Waals surface area contributed by atoms with Gasteiger partial charge in [0.2, 0.25) is 0 Å². The normalized spacial score (nSPS) is 19.5. The van der Waals surface area contributed by atoms with Crippen molar-refractivity contribution < 1.29 is 9.90 Å². The summed E-state index contributed by atoms with van der Waals surface area (Å²) in [6.07, 6.45) is 1.48. The first-order valence-corrected chi connectivity index (χ1v) is 6.38. The summed E-state index contributed by atoms with van der Waals surface area (Å²) in [7, 11) is 0. The molecule has 1 unspecified atom stereocenters. The smallest absolute Gasteiger partial charge is 0.331 e. The predicted octanol–water partition coefficient (Wildman–Crippen LogP) is 2.01. The summed E-state index contributed by atoms with van der Waals surface area (Å²) in [5.74, 6) is -0.945. The Morgan fingerprint density at radius 3 is 1.95 bits per heavy atom. The Morgan fingerprint density at radius 1 is 1.00 bits per heavy atom. The molecule has 1 atom stereocenters. The van der Waals surface area contributed by atoms with E-state index in [4.69, 9.17) is 0 Å². The SMILES string of the molecule is O=C(O)C1N=CNC1(c1ccccc1)c1ccccc1. The second kappa shape index (κ2) is 4.81. The molecular weight excluding hydrogens is 252 g/mol. The van der Waals surface area contributed by atoms with E-state index in [9.17, 15) is 9.90 Å². The molecule has 0 amide bonds. The second-order valence-electron chi connectivity index (χ2n) is 4.70. The molecule has 0 saturated heterocycles. The minimum absolute atomic E-state index is 0.853. The first-order valence-electron chi connectivity index (χ1n) is 6.38. The van der Waals surface area contributed by atoms with Gasteiger partial charge in [0.25, 0.3) is 0 Å². The van der Waals surface area contributed by atoms with Gasteiger partial charge in [0.1, 0.15) is 5.54 Å². The van der Waals surface area contributed by atoms with E-state index in [0.29, 0.717) is 0 Å². The van der Waals surface area contributed by atoms with E-state index < -0.39 is 17.6 Å². The molecule has 100 valence electrons. The summed E-state index contributed by atoms with van der Waals surface area (Å²) in [5.41, 5.74) is 0.918. The van der Waals surface area contributed by atoms with Gasteiger partial charge in [0, 0.05) is 0 Å². The maximum absolute atomic E-state index is 11.6. The molecule has 1 aliphatic rings. The van der Waals surface area contributed by atoms with Crippen LogP contribution in [0.1, 0.15) is 11.1 Å². The Bertz CT molecular complexity index is 599. The Labute approximate surface area is 116 Å². The molecule has 0 bridgehead atoms. The van der Waals surface area contributed by atoms with E-state index in [0.717, 1.165) is 11.1 Å². The van der Waals surface area contributed by atoms with Crippen LogP contribution in [-0.4, -0.2) is 23.5 Å². The average molecular weight is 266 g/mol. The minimum atomic E-state index is -0.945. The van der Waals surface area contributed by atoms with Crippen LogP contribution in [0.5, 0.6) is 0 Å². The standard InChI is InChI=1S/C16H14N2O2/c19-15(20)14-16(18-11-17-14,12-7-3-1-4-8-12)13-9-5-2-6-10-13/h1-11,14H,(H,17,18)(H,19,20). The van der Waals surface area contributed by atoms with Crippen molar-refractivity contribution in [2.24, 2.45) is 4.99 Å². The molecule has 0 aliphatic carbocycles. The van der Waals surface area contributed by atoms with Gasteiger partial charge in [-0.1, -0.05) is 60.7 Å². The molecule has 20 heavy (non-hydrogen) atoms. The number of benzene rings is 2. The van der Waals surface area contributed by atoms with Crippen molar-refractivity contribution in [1.82, 2.24) is 5.32 Å². The van der Waals surface area contributed by atoms with E-state index in [1.165, 1.54) is 6.34 Å². The van der Waals surface area contributed by atoms with Crippen molar-refractivity contribution in [3.8, 4) is 0 Å². The van der Waals surface area contributed by atoms with Crippen LogP contribution in [0.3, 0.4) is 0 Å². The first kappa shape index (κ1) is 12.4. The van der Waals surface area contributed by atoms with Crippen LogP contribution < -0.4 is 5.32 Å². The number of hydrogen-bond acceptors (Lipinski definition) is 3. The van der Waals surface area contributed by atoms with Gasteiger partial charge in [0.05, 0.1) is 6.34 Å². The van der Waals surface area contributed by atoms with Gasteiger partial charge in [0.15, 0.2) is 6.04 Å². The van der Waals surface area contributed by atoms with Gasteiger partial charge in [-0.15, -0.1) is 0 Å². The molecule has 0 saturated carbocycles. The van der Waals surface area contributed by atoms with Crippen molar-refractivity contribution in [3.05, 3.63) is 71.8 Å². The number of carbonyl (C=O) groups is 1. The Morgan fingerprint density at radius 2 is 1.50 bits per heavy atom. The highest BCUT2D eigenvalue weighted by atomic mass is 16.4. The zero-order valence-electron chi connectivity index (χ0n) is 10.7. The molecule has 0 aromatic heterocycles. The highest BCUT2D eigenvalue weighted by Gasteiger charge is 2.48. The van der Waals surface area contributed by atoms with Crippen LogP contribution in [-0.2, 0) is 10.3 Å². The molecule has 3 rings (SSSR count). The maximum Gasteiger partial charge on any atom is 0.331 e. The van der Waals surface area contributed by atoms with Gasteiger partial charge >= 0.3 is 5.97 Å². The van der Waals surface area contributed by atoms with Crippen LogP contribution >= 0.6 is 0 Å². The molecule has 2 N–H and O–H groups in total. The number of aliphatic imine (C=N–C) groups is 1. The van der Waals surface area contributed by atoms with E-state index in [2.05, 4.69) is 10.3 Å². The lowest BCUT2D eigenvalue weighted by molar-refractivity contribution is -0.139. The van der Waals surface area contributed by atoms with Gasteiger partial charge in [-0.3, -0.25) is 4.99 Å². The number of rotatable bonds is 3. The summed E-state index contributed by atoms with van der Waals surface area (Å²) >= 11 is 0. The van der Waals surface area contributed by atoms with E-state index in [1.807, 2.05) is 60.7 Å². The number of carboxylic acids is 1. The Hall–Kier alpha value is -2.62. The van der Waals surface area contributed by atoms with E-state index in [1.54, 1.807) is 0 Å². The Balaban J connectivity index is 2.22. The first-order chi connectivity index (χ1) is 9.75. The van der Waals surface area contributed by atoms with Crippen LogP contribution in [0, 0.1) is 0 Å². The van der Waals surface area contributed by atoms with Gasteiger partial charge in [-0.2, -0.15) is 0 Å². The largest absolute Gasteiger partial charge is 0.480 e. The number of carboxylic acid groups (broad SMARTS) is 1. The maximum atomic E-state index is 11.6. The number of nitrogens with zero attached hydrogens (tertiary/aromatic N) is 1. The molecule has 4 nitrogen and oxygen atoms in total. The lowest BCUT2D eigenvalue weighted by Gasteiger charge is -2.33. The highest BCUT2D eigenvalue weighted by molar-refractivity contribution is 5.83. The fourth-order valence-electron chi connectivity index (χ4n) is 2.70. The zero-order valence-corrected chi connectivity index (χ0v) is 10.7. The fourth-order valence-corrected chi connectivity index (χ4v) is 2.70. The van der Waals surface area contributed by atoms with Crippen LogP contribution in [0.15, 0.2) is 65.7 Å². The average Bonchev–Trinajstić information content (AvgIpc) is 2.95. The molecular formula is C16H14N2O2. The number of aliphatic carboxylic acids is 1. The zero-order chi connectivity index (χ0) is 14.0. The molecule has 1 heterocycles. The molecule has 0 spiro atoms. The molecule has 1 aliphatic heterocycles. The monoisotopic (exact) mass is 266 g/mol. The van der Waals surface area contributed by atoms with E-state index >= 15 is 0 Å². The quantitative estimate of drug-likeness (QED) is 0.893. The summed E-state index contributed by atoms with van der Waals surface area (Å²) in [6.45, 7) is 0. The third kappa shape index (κ3) is 1.77. The highest BCUT2D eigenvalue weighted by Crippen LogP contribution is 2.36. The minimum Gasteiger partial charge on any atom is -0.480 e. The summed E-state index contributed by atoms with van der Waals surface area (Å²) in [5, 5.41) is 12.7. The van der Waals surface area contributed by atoms with Crippen molar-refractivity contribution in [2.45, 2.75) is 11.6 Å². The third-order valence-electron chi connectivity index (χ3n) is 3.62. The molecule has 0 radical (unpaired) electrons. The summed E-state index contributed by atoms with van der Waals surface area (Å²) in [6, 6.07) is 18.2. The van der Waals surface area contributed by atoms with Crippen molar-refractivity contribution >= 4 is 12.3 Å². The summed E-state index contributed by atoms with van der Waals surface area (Å²) in [4.78, 5) is 15.7. The van der Waals surface area contributed by atoms with Gasteiger partial charge < -0.3 is 10.4 Å². The van der Waals surface area contributed by atoms with Crippen molar-refractivity contribution in [2.75, 3.05) is 0 Å². The number of hydrogen-bond donors (Lipinski definition) is 2. The Kier molecular flexibility index (Phi) is 2.99. The molecule has 2 aromatic rings. The topological polar surface area (TPSA) is 61.7 Å². The van der Waals surface area contributed by atoms with Crippen molar-refractivity contribution in [1.29, 1.82) is 0 Å². The molecule has 0 fully saturated rings. The number of nitrogens with one attached hydrogen (secondary N) is 1. The van der Waals surface area contributed by atoms with Crippen LogP contribution in [0.4, 0.5) is 0 Å². The third-order valence-corrected chi connectivity index (χ3v) is 3.62. The lowest BCUT2D eigenvalue weighted by atomic mass is 9.78. The predicted molar refractivity (Wildman–Crippen MR) is 76.7 cm³/mol. The van der Waals surface area contributed by atoms with E-state index in [-0.39, 0.29) is 0 Å². The molecule has 2 aromatic carbocycles. The molecule has 4 heteroatoms. The second-order valence-corrected chi connectivity index (χ2v) is 4.70. The van der Waals surface area contributed by atoms with Crippen molar-refractivity contribution in [3.63, 3.8) is 0 Å². The lowest BCUT2D eigenvalue weighted by Crippen LogP contribution is -2.50. The van der Waals surface area contributed by atoms with Crippen LogP contribution in [0.2, 0.25) is 0 Å². The van der Waals surface area contributed by atoms with Crippen LogP contribution in [0.25, 0.3) is 0 Å². The fraction of sp³-hybridized carbons (Fsp3) is 0.125. The summed E-state index contributed by atoms with van der Waals surface area (Å²) < 4.78 is 0. The van der Waals surface area contributed by atoms with Gasteiger partial charge in [-0.25, -0.2) is 4.79 Å².